The number of nitrogens with two attached hydrogens (primary N) is 4. The van der Waals surface area contributed by atoms with Crippen molar-refractivity contribution in [1.29, 1.82) is 0 Å². The second kappa shape index (κ2) is 36.2. The minimum absolute atomic E-state index is 0. The fourth-order valence-electron chi connectivity index (χ4n) is 12.5. The first-order chi connectivity index (χ1) is 54.3. The number of H-pyrrole nitrogens is 2. The first-order valence-corrected chi connectivity index (χ1v) is 40.0. The molecule has 16 rings (SSSR count). The molecule has 4 aromatic carbocycles. The first-order valence-electron chi connectivity index (χ1n) is 36.2. The van der Waals surface area contributed by atoms with E-state index in [0.29, 0.717) is 76.0 Å². The SMILES string of the molecule is BrB(Br)Br.CC(C)n1nc(-c2cc3cc(O)ccc3[nH]2)c2c(N)ncnc21.CC(C)n1nc(I)c2c(N)ncnc21.COc1ccc2c(c1)cc(O[B]O)n2C(=O)OC(C)(C)C.Cc1ccc2[nH]c(-c3nn(C(C)C)c4ncnc(N)c34)cc2c1.Cc1ccc2c(c1)cc(-c1nn(C(C)C)c3ncnc(N)c13)n2C(=O)OC(C)(C)C.Cl. The molecule has 0 fully saturated rings. The normalized spacial score (nSPS) is 11.5. The number of carbonyl (C=O) groups is 2. The molecule has 0 unspecified atom stereocenters. The summed E-state index contributed by atoms with van der Waals surface area (Å²) in [5, 5.41) is 43.8. The molecule has 0 saturated carbocycles. The van der Waals surface area contributed by atoms with Gasteiger partial charge in [-0.1, -0.05) is 23.3 Å². The zero-order valence-electron chi connectivity index (χ0n) is 66.6. The Bertz CT molecular complexity index is 6090. The standard InChI is InChI=1S/C22H26N6O2.C17H18N6.C16H16N6O.C14H17BNO5.C8H10IN5.BBr3.ClH/c1-12(2)28-20-17(19(23)24-11-25-20)18(26-28)16-10-14-9-13(3)7-8-15(14)27(16)21(29)30-22(4,5)6;1-9(2)23-17-14(16(18)19-8-20-17)15(22-23)13-7-11-6-10(3)4-5-12(11)21-13;1-8(2)22-16-13(15(17)18-7-19-16)14(21-22)12-6-9-5-10(23)3-4-11(9)20-12;1-14(2,3)20-13(17)16-11-6-5-10(19-4)7-9(11)8-12(16)21-15-18;1-4(2)14-8-5(6(9)13-14)7(10)11-3-12-8;2-1(3)4;/h7-12H,1-6H3,(H2,23,24,25);4-9,21H,1-3H3,(H2,18,19,20);3-8,20,23H,1-2H3,(H2,17,18,19);5-8,18H,1-4H3;3-4H,1-2H3,(H2,10,11,12);;1H. The minimum Gasteiger partial charge on any atom is -0.524 e. The van der Waals surface area contributed by atoms with Crippen LogP contribution in [0.5, 0.6) is 17.4 Å². The van der Waals surface area contributed by atoms with Crippen molar-refractivity contribution in [3.63, 3.8) is 0 Å². The quantitative estimate of drug-likeness (QED) is 0.0465. The predicted octanol–water partition coefficient (Wildman–Crippen LogP) is 17.5. The van der Waals surface area contributed by atoms with Crippen LogP contribution in [0.2, 0.25) is 0 Å². The number of hydrogen-bond acceptors (Lipinski definition) is 24. The van der Waals surface area contributed by atoms with Crippen LogP contribution < -0.4 is 32.3 Å². The summed E-state index contributed by atoms with van der Waals surface area (Å²) in [5.41, 5.74) is 35.8. The minimum atomic E-state index is -0.642. The molecule has 0 aliphatic rings. The first kappa shape index (κ1) is 87.7. The van der Waals surface area contributed by atoms with E-state index < -0.39 is 23.4 Å². The molecule has 0 spiro atoms. The van der Waals surface area contributed by atoms with E-state index in [4.69, 9.17) is 57.0 Å². The van der Waals surface area contributed by atoms with Gasteiger partial charge in [0.1, 0.15) is 92.1 Å². The molecule has 12 heterocycles. The van der Waals surface area contributed by atoms with Gasteiger partial charge in [0.15, 0.2) is 28.5 Å². The van der Waals surface area contributed by atoms with E-state index in [1.54, 1.807) is 73.5 Å². The fraction of sp³-hybridized carbons (Fsp3) is 0.299. The number of aromatic amines is 2. The lowest BCUT2D eigenvalue weighted by Crippen LogP contribution is -2.27. The van der Waals surface area contributed by atoms with Crippen LogP contribution >= 0.6 is 82.3 Å². The summed E-state index contributed by atoms with van der Waals surface area (Å²) in [7, 11) is 2.08. The van der Waals surface area contributed by atoms with Crippen molar-refractivity contribution in [2.24, 2.45) is 0 Å². The molecule has 116 heavy (non-hydrogen) atoms. The highest BCUT2D eigenvalue weighted by Gasteiger charge is 2.30. The number of nitrogen functional groups attached to an aromatic ring is 4. The van der Waals surface area contributed by atoms with Crippen LogP contribution in [0.3, 0.4) is 0 Å². The van der Waals surface area contributed by atoms with Crippen molar-refractivity contribution < 1.29 is 38.6 Å². The molecular weight excluding hydrogens is 1810 g/mol. The van der Waals surface area contributed by atoms with Gasteiger partial charge >= 0.3 is 23.1 Å². The van der Waals surface area contributed by atoms with Crippen LogP contribution in [0.25, 0.3) is 122 Å². The molecule has 0 aliphatic heterocycles. The number of anilines is 4. The van der Waals surface area contributed by atoms with Gasteiger partial charge in [-0.05, 0) is 212 Å². The number of halogens is 5. The number of rotatable bonds is 10. The Morgan fingerprint density at radius 2 is 0.879 bits per heavy atom. The summed E-state index contributed by atoms with van der Waals surface area (Å²) >= 11 is 11.5. The summed E-state index contributed by atoms with van der Waals surface area (Å²) < 4.78 is 32.5. The number of ether oxygens (including phenoxy) is 3. The average Bonchev–Trinajstić information content (AvgIpc) is 1.60. The van der Waals surface area contributed by atoms with Crippen LogP contribution in [-0.2, 0) is 9.47 Å². The van der Waals surface area contributed by atoms with Gasteiger partial charge in [0.25, 0.3) is 0 Å². The summed E-state index contributed by atoms with van der Waals surface area (Å²) in [4.78, 5) is 65.9. The number of aromatic hydroxyl groups is 1. The van der Waals surface area contributed by atoms with Crippen LogP contribution in [0.1, 0.15) is 132 Å². The van der Waals surface area contributed by atoms with Gasteiger partial charge in [-0.3, -0.25) is 0 Å². The average molecular weight is 1900 g/mol. The van der Waals surface area contributed by atoms with E-state index in [2.05, 4.69) is 189 Å². The summed E-state index contributed by atoms with van der Waals surface area (Å²) in [6.45, 7) is 31.3. The molecule has 32 nitrogen and oxygen atoms in total. The fourth-order valence-corrected chi connectivity index (χ4v) is 13.3. The number of aromatic nitrogens is 20. The molecule has 12 N–H and O–H groups in total. The third-order valence-corrected chi connectivity index (χ3v) is 18.1. The Morgan fingerprint density at radius 1 is 0.500 bits per heavy atom. The number of benzene rings is 4. The number of phenols is 1. The van der Waals surface area contributed by atoms with Crippen molar-refractivity contribution in [3.05, 3.63) is 137 Å². The Labute approximate surface area is 712 Å². The van der Waals surface area contributed by atoms with Gasteiger partial charge in [-0.25, -0.2) is 77.3 Å². The van der Waals surface area contributed by atoms with E-state index in [1.807, 2.05) is 106 Å². The number of methoxy groups -OCH3 is 1. The van der Waals surface area contributed by atoms with E-state index in [9.17, 15) is 14.7 Å². The van der Waals surface area contributed by atoms with Crippen LogP contribution in [-0.4, -0.2) is 150 Å². The second-order valence-electron chi connectivity index (χ2n) is 29.6. The molecule has 0 aliphatic carbocycles. The van der Waals surface area contributed by atoms with Gasteiger partial charge in [-0.2, -0.15) is 20.4 Å². The van der Waals surface area contributed by atoms with Gasteiger partial charge in [0.05, 0.1) is 56.8 Å². The highest BCUT2D eigenvalue weighted by atomic mass is 127. The number of phenolic OH excluding ortho intramolecular Hbond substituents is 1. The maximum Gasteiger partial charge on any atom is 0.570 e. The smallest absolute Gasteiger partial charge is 0.524 e. The third kappa shape index (κ3) is 19.4. The molecule has 1 radical (unpaired) electrons. The van der Waals surface area contributed by atoms with Crippen molar-refractivity contribution in [3.8, 4) is 51.5 Å². The number of nitrogens with one attached hydrogen (secondary N) is 2. The maximum atomic E-state index is 13.2. The molecule has 0 amide bonds. The van der Waals surface area contributed by atoms with Gasteiger partial charge in [0, 0.05) is 62.8 Å². The Kier molecular flexibility index (Phi) is 27.4. The van der Waals surface area contributed by atoms with E-state index in [1.165, 1.54) is 35.4 Å². The van der Waals surface area contributed by atoms with Crippen molar-refractivity contribution in [2.45, 2.75) is 146 Å². The van der Waals surface area contributed by atoms with Crippen LogP contribution in [0.4, 0.5) is 32.9 Å². The Balaban J connectivity index is 0.000000153. The van der Waals surface area contributed by atoms with Crippen LogP contribution in [0, 0.1) is 17.5 Å². The number of aryl methyl sites for hydroxylation is 2. The molecule has 0 saturated heterocycles. The summed E-state index contributed by atoms with van der Waals surface area (Å²) in [5.74, 6) is 2.71. The lowest BCUT2D eigenvalue weighted by Gasteiger charge is -2.20. The third-order valence-electron chi connectivity index (χ3n) is 17.4. The molecule has 0 bridgehead atoms. The van der Waals surface area contributed by atoms with Crippen LogP contribution in [0.15, 0.2) is 122 Å². The number of carbonyl (C=O) groups excluding carboxylic acids is 2. The molecule has 605 valence electrons. The van der Waals surface area contributed by atoms with Crippen molar-refractivity contribution in [2.75, 3.05) is 30.0 Å². The number of hydrogen-bond donors (Lipinski definition) is 8. The van der Waals surface area contributed by atoms with Crippen molar-refractivity contribution >= 4 is 216 Å². The molecule has 12 aromatic heterocycles. The summed E-state index contributed by atoms with van der Waals surface area (Å²) in [6.07, 6.45) is 4.77. The second-order valence-corrected chi connectivity index (χ2v) is 37.1. The molecule has 39 heteroatoms. The van der Waals surface area contributed by atoms with E-state index >= 15 is 0 Å². The maximum absolute atomic E-state index is 13.2. The van der Waals surface area contributed by atoms with Gasteiger partial charge < -0.3 is 61.9 Å². The van der Waals surface area contributed by atoms with Crippen molar-refractivity contribution in [1.82, 2.24) is 98.1 Å². The summed E-state index contributed by atoms with van der Waals surface area (Å²) in [6, 6.07) is 30.9. The monoisotopic (exact) mass is 1900 g/mol. The number of fused-ring (bicyclic) bond motifs is 8. The zero-order valence-corrected chi connectivity index (χ0v) is 74.4. The Hall–Kier alpha value is -10.7. The highest BCUT2D eigenvalue weighted by Crippen LogP contribution is 2.39. The molecule has 0 atom stereocenters. The van der Waals surface area contributed by atoms with E-state index in [0.717, 1.165) is 91.9 Å². The lowest BCUT2D eigenvalue weighted by atomic mass is 10.1. The highest BCUT2D eigenvalue weighted by molar-refractivity contribution is 14.1. The Morgan fingerprint density at radius 3 is 1.34 bits per heavy atom. The lowest BCUT2D eigenvalue weighted by molar-refractivity contribution is 0.0529. The number of nitrogens with zero attached hydrogens (tertiary/aromatic N) is 18. The molecular formula is C77H88B2Br3ClIN24O8. The zero-order chi connectivity index (χ0) is 83.6. The van der Waals surface area contributed by atoms with Gasteiger partial charge in [0.2, 0.25) is 0 Å². The molecule has 16 aromatic rings. The van der Waals surface area contributed by atoms with E-state index in [-0.39, 0.29) is 51.4 Å². The largest absolute Gasteiger partial charge is 0.570 e. The predicted molar refractivity (Wildman–Crippen MR) is 480 cm³/mol. The van der Waals surface area contributed by atoms with Gasteiger partial charge in [-0.15, -0.1) is 59.7 Å². The topological polar surface area (TPSA) is 431 Å².